The smallest absolute Gasteiger partial charge is 0.358 e. The predicted octanol–water partition coefficient (Wildman–Crippen LogP) is 3.28. The van der Waals surface area contributed by atoms with E-state index >= 15 is 0 Å². The minimum Gasteiger partial charge on any atom is -0.464 e. The van der Waals surface area contributed by atoms with Gasteiger partial charge in [0.2, 0.25) is 0 Å². The van der Waals surface area contributed by atoms with Crippen LogP contribution in [0.3, 0.4) is 0 Å². The zero-order valence-corrected chi connectivity index (χ0v) is 13.6. The lowest BCUT2D eigenvalue weighted by atomic mass is 9.63. The summed E-state index contributed by atoms with van der Waals surface area (Å²) >= 11 is 0. The molecule has 0 aliphatic heterocycles. The number of ether oxygens (including phenoxy) is 1. The molecule has 0 aromatic carbocycles. The van der Waals surface area contributed by atoms with Crippen LogP contribution in [0.4, 0.5) is 5.82 Å². The van der Waals surface area contributed by atoms with Gasteiger partial charge in [-0.15, -0.1) is 0 Å². The third-order valence-electron chi connectivity index (χ3n) is 3.95. The van der Waals surface area contributed by atoms with E-state index in [1.54, 1.807) is 6.20 Å². The monoisotopic (exact) mass is 291 g/mol. The molecule has 0 saturated heterocycles. The fraction of sp³-hybridized carbons (Fsp3) is 0.688. The average Bonchev–Trinajstić information content (AvgIpc) is 2.35. The fourth-order valence-corrected chi connectivity index (χ4v) is 3.77. The minimum atomic E-state index is -0.464. The van der Waals surface area contributed by atoms with E-state index in [0.717, 1.165) is 12.8 Å². The molecule has 21 heavy (non-hydrogen) atoms. The van der Waals surface area contributed by atoms with Crippen molar-refractivity contribution in [3.05, 3.63) is 18.1 Å². The molecule has 1 heterocycles. The molecule has 1 fully saturated rings. The van der Waals surface area contributed by atoms with Crippen LogP contribution in [0.2, 0.25) is 0 Å². The molecule has 1 aromatic rings. The number of carbonyl (C=O) groups excluding carboxylic acids is 1. The zero-order chi connectivity index (χ0) is 15.7. The van der Waals surface area contributed by atoms with Gasteiger partial charge in [0.1, 0.15) is 5.82 Å². The summed E-state index contributed by atoms with van der Waals surface area (Å²) in [7, 11) is 1.34. The number of rotatable bonds is 3. The van der Waals surface area contributed by atoms with E-state index in [1.807, 2.05) is 0 Å². The maximum absolute atomic E-state index is 11.3. The highest BCUT2D eigenvalue weighted by Gasteiger charge is 2.38. The number of anilines is 1. The summed E-state index contributed by atoms with van der Waals surface area (Å²) in [5, 5.41) is 3.45. The van der Waals surface area contributed by atoms with Crippen LogP contribution in [0.5, 0.6) is 0 Å². The standard InChI is InChI=1S/C16H25N3O2/c1-15(2)6-11(7-16(3,4)10-15)19-13-9-17-12(8-18-13)14(20)21-5/h8-9,11H,6-7,10H2,1-5H3,(H,18,19). The van der Waals surface area contributed by atoms with Crippen molar-refractivity contribution >= 4 is 11.8 Å². The molecule has 0 radical (unpaired) electrons. The molecule has 0 bridgehead atoms. The van der Waals surface area contributed by atoms with Crippen molar-refractivity contribution in [2.75, 3.05) is 12.4 Å². The van der Waals surface area contributed by atoms with Crippen LogP contribution < -0.4 is 5.32 Å². The minimum absolute atomic E-state index is 0.229. The number of aromatic nitrogens is 2. The number of nitrogens with zero attached hydrogens (tertiary/aromatic N) is 2. The molecule has 0 atom stereocenters. The normalized spacial score (nSPS) is 20.8. The third kappa shape index (κ3) is 4.16. The maximum atomic E-state index is 11.3. The Hall–Kier alpha value is -1.65. The van der Waals surface area contributed by atoms with Crippen molar-refractivity contribution in [1.29, 1.82) is 0 Å². The first-order valence-electron chi connectivity index (χ1n) is 7.38. The molecule has 0 spiro atoms. The number of carbonyl (C=O) groups is 1. The van der Waals surface area contributed by atoms with Crippen molar-refractivity contribution in [2.24, 2.45) is 10.8 Å². The summed E-state index contributed by atoms with van der Waals surface area (Å²) in [6.07, 6.45) is 6.49. The lowest BCUT2D eigenvalue weighted by Crippen LogP contribution is -2.40. The van der Waals surface area contributed by atoms with Gasteiger partial charge >= 0.3 is 5.97 Å². The molecule has 0 unspecified atom stereocenters. The quantitative estimate of drug-likeness (QED) is 0.866. The molecular weight excluding hydrogens is 266 g/mol. The third-order valence-corrected chi connectivity index (χ3v) is 3.95. The van der Waals surface area contributed by atoms with Gasteiger partial charge in [-0.3, -0.25) is 0 Å². The number of nitrogens with one attached hydrogen (secondary N) is 1. The van der Waals surface area contributed by atoms with Gasteiger partial charge in [0.05, 0.1) is 19.5 Å². The first-order chi connectivity index (χ1) is 9.71. The van der Waals surface area contributed by atoms with E-state index in [1.165, 1.54) is 19.7 Å². The van der Waals surface area contributed by atoms with Crippen LogP contribution in [-0.4, -0.2) is 29.1 Å². The van der Waals surface area contributed by atoms with Crippen molar-refractivity contribution in [2.45, 2.75) is 53.0 Å². The summed E-state index contributed by atoms with van der Waals surface area (Å²) in [5.74, 6) is 0.245. The van der Waals surface area contributed by atoms with Crippen LogP contribution in [-0.2, 0) is 4.74 Å². The lowest BCUT2D eigenvalue weighted by Gasteiger charge is -2.45. The number of esters is 1. The van der Waals surface area contributed by atoms with E-state index < -0.39 is 5.97 Å². The Bertz CT molecular complexity index is 493. The van der Waals surface area contributed by atoms with Gasteiger partial charge in [0, 0.05) is 6.04 Å². The zero-order valence-electron chi connectivity index (χ0n) is 13.6. The Morgan fingerprint density at radius 1 is 1.19 bits per heavy atom. The van der Waals surface area contributed by atoms with Gasteiger partial charge in [-0.05, 0) is 30.1 Å². The molecular formula is C16H25N3O2. The second-order valence-corrected chi connectivity index (χ2v) is 7.53. The highest BCUT2D eigenvalue weighted by molar-refractivity contribution is 5.86. The Labute approximate surface area is 126 Å². The fourth-order valence-electron chi connectivity index (χ4n) is 3.77. The van der Waals surface area contributed by atoms with Gasteiger partial charge in [0.15, 0.2) is 5.69 Å². The van der Waals surface area contributed by atoms with Crippen LogP contribution in [0, 0.1) is 10.8 Å². The van der Waals surface area contributed by atoms with Gasteiger partial charge in [-0.25, -0.2) is 14.8 Å². The predicted molar refractivity (Wildman–Crippen MR) is 82.2 cm³/mol. The first-order valence-corrected chi connectivity index (χ1v) is 7.38. The first kappa shape index (κ1) is 15.7. The molecule has 1 saturated carbocycles. The van der Waals surface area contributed by atoms with Crippen LogP contribution in [0.1, 0.15) is 57.4 Å². The molecule has 0 amide bonds. The maximum Gasteiger partial charge on any atom is 0.358 e. The highest BCUT2D eigenvalue weighted by atomic mass is 16.5. The Kier molecular flexibility index (Phi) is 4.21. The summed E-state index contributed by atoms with van der Waals surface area (Å²) < 4.78 is 4.62. The summed E-state index contributed by atoms with van der Waals surface area (Å²) in [6, 6.07) is 0.377. The van der Waals surface area contributed by atoms with Crippen LogP contribution in [0.15, 0.2) is 12.4 Å². The average molecular weight is 291 g/mol. The van der Waals surface area contributed by atoms with Gasteiger partial charge < -0.3 is 10.1 Å². The molecule has 1 N–H and O–H groups in total. The second kappa shape index (κ2) is 5.62. The second-order valence-electron chi connectivity index (χ2n) is 7.53. The molecule has 1 aromatic heterocycles. The molecule has 1 aliphatic carbocycles. The van der Waals surface area contributed by atoms with E-state index in [9.17, 15) is 4.79 Å². The molecule has 2 rings (SSSR count). The van der Waals surface area contributed by atoms with E-state index in [2.05, 4.69) is 47.7 Å². The summed E-state index contributed by atoms with van der Waals surface area (Å²) in [4.78, 5) is 19.7. The SMILES string of the molecule is COC(=O)c1cnc(NC2CC(C)(C)CC(C)(C)C2)cn1. The van der Waals surface area contributed by atoms with Gasteiger partial charge in [0.25, 0.3) is 0 Å². The van der Waals surface area contributed by atoms with Gasteiger partial charge in [-0.1, -0.05) is 27.7 Å². The lowest BCUT2D eigenvalue weighted by molar-refractivity contribution is 0.0593. The highest BCUT2D eigenvalue weighted by Crippen LogP contribution is 2.46. The number of methoxy groups -OCH3 is 1. The molecule has 1 aliphatic rings. The number of hydrogen-bond donors (Lipinski definition) is 1. The van der Waals surface area contributed by atoms with E-state index in [4.69, 9.17) is 0 Å². The van der Waals surface area contributed by atoms with Crippen LogP contribution >= 0.6 is 0 Å². The largest absolute Gasteiger partial charge is 0.464 e. The molecule has 5 heteroatoms. The van der Waals surface area contributed by atoms with Gasteiger partial charge in [-0.2, -0.15) is 0 Å². The van der Waals surface area contributed by atoms with Crippen molar-refractivity contribution in [3.8, 4) is 0 Å². The van der Waals surface area contributed by atoms with Crippen molar-refractivity contribution < 1.29 is 9.53 Å². The van der Waals surface area contributed by atoms with Crippen molar-refractivity contribution in [1.82, 2.24) is 9.97 Å². The van der Waals surface area contributed by atoms with E-state index in [-0.39, 0.29) is 5.69 Å². The Balaban J connectivity index is 2.06. The summed E-state index contributed by atoms with van der Waals surface area (Å²) in [5.41, 5.74) is 0.866. The molecule has 5 nitrogen and oxygen atoms in total. The molecule has 116 valence electrons. The topological polar surface area (TPSA) is 64.1 Å². The Morgan fingerprint density at radius 3 is 2.29 bits per heavy atom. The van der Waals surface area contributed by atoms with E-state index in [0.29, 0.717) is 22.7 Å². The van der Waals surface area contributed by atoms with Crippen molar-refractivity contribution in [3.63, 3.8) is 0 Å². The van der Waals surface area contributed by atoms with Crippen LogP contribution in [0.25, 0.3) is 0 Å². The summed E-state index contributed by atoms with van der Waals surface area (Å²) in [6.45, 7) is 9.26. The Morgan fingerprint density at radius 2 is 1.81 bits per heavy atom. The number of hydrogen-bond acceptors (Lipinski definition) is 5.